The van der Waals surface area contributed by atoms with Crippen molar-refractivity contribution in [2.75, 3.05) is 13.1 Å². The van der Waals surface area contributed by atoms with Gasteiger partial charge in [-0.2, -0.15) is 0 Å². The Labute approximate surface area is 126 Å². The summed E-state index contributed by atoms with van der Waals surface area (Å²) in [6, 6.07) is 0. The maximum Gasteiger partial charge on any atom is 0.270 e. The van der Waals surface area contributed by atoms with Crippen LogP contribution in [0.3, 0.4) is 0 Å². The highest BCUT2D eigenvalue weighted by molar-refractivity contribution is 6.02. The van der Waals surface area contributed by atoms with E-state index in [0.29, 0.717) is 24.2 Å². The molecule has 118 valence electrons. The van der Waals surface area contributed by atoms with E-state index in [-0.39, 0.29) is 18.2 Å². The summed E-state index contributed by atoms with van der Waals surface area (Å²) in [7, 11) is 0. The number of Topliss-reactive ketones (excluding diaryl/α,β-unsaturated/α-hetero) is 1. The smallest absolute Gasteiger partial charge is 0.270 e. The lowest BCUT2D eigenvalue weighted by Gasteiger charge is -2.28. The van der Waals surface area contributed by atoms with Gasteiger partial charge in [-0.3, -0.25) is 9.59 Å². The molecule has 1 heterocycles. The van der Waals surface area contributed by atoms with Crippen molar-refractivity contribution in [2.24, 2.45) is 0 Å². The van der Waals surface area contributed by atoms with Crippen LogP contribution in [0.1, 0.15) is 66.7 Å². The number of hydrogen-bond acceptors (Lipinski definition) is 3. The van der Waals surface area contributed by atoms with Gasteiger partial charge in [-0.15, -0.1) is 0 Å². The predicted molar refractivity (Wildman–Crippen MR) is 82.8 cm³/mol. The second kappa shape index (κ2) is 6.43. The van der Waals surface area contributed by atoms with Crippen LogP contribution in [-0.4, -0.2) is 45.4 Å². The van der Waals surface area contributed by atoms with E-state index in [0.717, 1.165) is 11.3 Å². The first-order valence-corrected chi connectivity index (χ1v) is 7.36. The van der Waals surface area contributed by atoms with Crippen LogP contribution in [0.4, 0.5) is 0 Å². The molecule has 0 spiro atoms. The minimum absolute atomic E-state index is 0.0369. The fourth-order valence-electron chi connectivity index (χ4n) is 2.64. The van der Waals surface area contributed by atoms with Gasteiger partial charge in [-0.05, 0) is 46.6 Å². The number of carbonyl (C=O) groups excluding carboxylic acids is 2. The first kappa shape index (κ1) is 17.4. The van der Waals surface area contributed by atoms with E-state index >= 15 is 0 Å². The molecule has 0 aromatic carbocycles. The molecule has 0 fully saturated rings. The van der Waals surface area contributed by atoms with Crippen LogP contribution in [0.25, 0.3) is 0 Å². The Morgan fingerprint density at radius 2 is 1.86 bits per heavy atom. The minimum Gasteiger partial charge on any atom is -0.389 e. The second-order valence-electron chi connectivity index (χ2n) is 6.02. The maximum atomic E-state index is 12.7. The van der Waals surface area contributed by atoms with Crippen molar-refractivity contribution in [3.05, 3.63) is 22.5 Å². The Balaban J connectivity index is 3.23. The third-order valence-electron chi connectivity index (χ3n) is 3.46. The normalized spacial score (nSPS) is 11.6. The number of aromatic amines is 1. The fraction of sp³-hybridized carbons (Fsp3) is 0.625. The number of amides is 1. The number of ketones is 1. The number of H-pyrrole nitrogens is 1. The molecule has 0 aliphatic carbocycles. The molecule has 1 aromatic heterocycles. The number of aromatic nitrogens is 1. The zero-order chi connectivity index (χ0) is 16.4. The van der Waals surface area contributed by atoms with E-state index in [1.807, 2.05) is 13.8 Å². The van der Waals surface area contributed by atoms with Gasteiger partial charge in [0.15, 0.2) is 5.78 Å². The SMILES string of the molecule is CCc1c(C(=O)N(CC)CC(C)(C)O)[nH]c(C)c1C(C)=O. The minimum atomic E-state index is -0.955. The third kappa shape index (κ3) is 3.94. The van der Waals surface area contributed by atoms with Gasteiger partial charge in [0.2, 0.25) is 0 Å². The highest BCUT2D eigenvalue weighted by Gasteiger charge is 2.27. The summed E-state index contributed by atoms with van der Waals surface area (Å²) in [4.78, 5) is 29.1. The van der Waals surface area contributed by atoms with Crippen molar-refractivity contribution in [3.63, 3.8) is 0 Å². The van der Waals surface area contributed by atoms with Crippen LogP contribution in [-0.2, 0) is 6.42 Å². The zero-order valence-electron chi connectivity index (χ0n) is 13.8. The van der Waals surface area contributed by atoms with Gasteiger partial charge < -0.3 is 15.0 Å². The average molecular weight is 294 g/mol. The van der Waals surface area contributed by atoms with Crippen LogP contribution in [0.2, 0.25) is 0 Å². The molecule has 1 aromatic rings. The molecule has 2 N–H and O–H groups in total. The van der Waals surface area contributed by atoms with Gasteiger partial charge in [0, 0.05) is 24.3 Å². The summed E-state index contributed by atoms with van der Waals surface area (Å²) in [6.07, 6.45) is 0.612. The van der Waals surface area contributed by atoms with Crippen molar-refractivity contribution in [1.82, 2.24) is 9.88 Å². The number of aryl methyl sites for hydroxylation is 1. The van der Waals surface area contributed by atoms with Crippen LogP contribution in [0.5, 0.6) is 0 Å². The number of nitrogens with one attached hydrogen (secondary N) is 1. The topological polar surface area (TPSA) is 73.4 Å². The van der Waals surface area contributed by atoms with E-state index in [4.69, 9.17) is 0 Å². The summed E-state index contributed by atoms with van der Waals surface area (Å²) >= 11 is 0. The van der Waals surface area contributed by atoms with E-state index < -0.39 is 5.60 Å². The lowest BCUT2D eigenvalue weighted by atomic mass is 10.0. The monoisotopic (exact) mass is 294 g/mol. The molecule has 0 aliphatic rings. The molecule has 21 heavy (non-hydrogen) atoms. The molecule has 0 aliphatic heterocycles. The second-order valence-corrected chi connectivity index (χ2v) is 6.02. The van der Waals surface area contributed by atoms with Gasteiger partial charge in [0.05, 0.1) is 5.60 Å². The third-order valence-corrected chi connectivity index (χ3v) is 3.46. The van der Waals surface area contributed by atoms with Crippen molar-refractivity contribution in [3.8, 4) is 0 Å². The first-order chi connectivity index (χ1) is 9.62. The average Bonchev–Trinajstić information content (AvgIpc) is 2.70. The highest BCUT2D eigenvalue weighted by Crippen LogP contribution is 2.22. The van der Waals surface area contributed by atoms with Gasteiger partial charge >= 0.3 is 0 Å². The van der Waals surface area contributed by atoms with E-state index in [1.165, 1.54) is 6.92 Å². The van der Waals surface area contributed by atoms with Crippen molar-refractivity contribution >= 4 is 11.7 Å². The summed E-state index contributed by atoms with van der Waals surface area (Å²) in [5, 5.41) is 9.93. The Morgan fingerprint density at radius 3 is 2.24 bits per heavy atom. The molecule has 1 rings (SSSR count). The predicted octanol–water partition coefficient (Wildman–Crippen LogP) is 2.32. The largest absolute Gasteiger partial charge is 0.389 e. The maximum absolute atomic E-state index is 12.7. The molecular formula is C16H26N2O3. The fourth-order valence-corrected chi connectivity index (χ4v) is 2.64. The Bertz CT molecular complexity index is 538. The van der Waals surface area contributed by atoms with Crippen LogP contribution in [0.15, 0.2) is 0 Å². The highest BCUT2D eigenvalue weighted by atomic mass is 16.3. The molecule has 1 amide bonds. The zero-order valence-corrected chi connectivity index (χ0v) is 13.8. The molecule has 0 radical (unpaired) electrons. The van der Waals surface area contributed by atoms with Crippen LogP contribution < -0.4 is 0 Å². The van der Waals surface area contributed by atoms with Gasteiger partial charge in [0.1, 0.15) is 5.69 Å². The first-order valence-electron chi connectivity index (χ1n) is 7.36. The lowest BCUT2D eigenvalue weighted by molar-refractivity contribution is 0.0311. The number of rotatable bonds is 6. The number of hydrogen-bond donors (Lipinski definition) is 2. The number of likely N-dealkylation sites (N-methyl/N-ethyl adjacent to an activating group) is 1. The number of nitrogens with zero attached hydrogens (tertiary/aromatic N) is 1. The standard InChI is InChI=1S/C16H26N2O3/c1-7-12-13(11(4)19)10(3)17-14(12)15(20)18(8-2)9-16(5,6)21/h17,21H,7-9H2,1-6H3. The van der Waals surface area contributed by atoms with Crippen LogP contribution in [0, 0.1) is 6.92 Å². The van der Waals surface area contributed by atoms with Crippen molar-refractivity contribution in [1.29, 1.82) is 0 Å². The Hall–Kier alpha value is -1.62. The number of carbonyl (C=O) groups is 2. The van der Waals surface area contributed by atoms with Gasteiger partial charge in [-0.1, -0.05) is 6.92 Å². The summed E-state index contributed by atoms with van der Waals surface area (Å²) in [5.41, 5.74) is 1.61. The quantitative estimate of drug-likeness (QED) is 0.791. The molecule has 0 saturated heterocycles. The summed E-state index contributed by atoms with van der Waals surface area (Å²) in [5.74, 6) is -0.211. The summed E-state index contributed by atoms with van der Waals surface area (Å²) in [6.45, 7) is 11.2. The van der Waals surface area contributed by atoms with Gasteiger partial charge in [0.25, 0.3) is 5.91 Å². The van der Waals surface area contributed by atoms with E-state index in [2.05, 4.69) is 4.98 Å². The van der Waals surface area contributed by atoms with Gasteiger partial charge in [-0.25, -0.2) is 0 Å². The molecular weight excluding hydrogens is 268 g/mol. The van der Waals surface area contributed by atoms with E-state index in [1.54, 1.807) is 25.7 Å². The van der Waals surface area contributed by atoms with E-state index in [9.17, 15) is 14.7 Å². The number of aliphatic hydroxyl groups is 1. The summed E-state index contributed by atoms with van der Waals surface area (Å²) < 4.78 is 0. The Kier molecular flexibility index (Phi) is 5.34. The molecule has 0 unspecified atom stereocenters. The molecule has 5 nitrogen and oxygen atoms in total. The van der Waals surface area contributed by atoms with Crippen molar-refractivity contribution < 1.29 is 14.7 Å². The van der Waals surface area contributed by atoms with Crippen LogP contribution >= 0.6 is 0 Å². The van der Waals surface area contributed by atoms with Crippen molar-refractivity contribution in [2.45, 2.75) is 53.6 Å². The molecule has 5 heteroatoms. The molecule has 0 atom stereocenters. The molecule has 0 bridgehead atoms. The lowest BCUT2D eigenvalue weighted by Crippen LogP contribution is -2.42. The Morgan fingerprint density at radius 1 is 1.29 bits per heavy atom. The molecule has 0 saturated carbocycles.